The van der Waals surface area contributed by atoms with Crippen molar-refractivity contribution >= 4 is 39.5 Å². The monoisotopic (exact) mass is 430 g/mol. The van der Waals surface area contributed by atoms with Gasteiger partial charge >= 0.3 is 0 Å². The van der Waals surface area contributed by atoms with E-state index < -0.39 is 11.8 Å². The Morgan fingerprint density at radius 1 is 1.11 bits per heavy atom. The van der Waals surface area contributed by atoms with Crippen LogP contribution < -0.4 is 15.4 Å². The van der Waals surface area contributed by atoms with E-state index >= 15 is 0 Å². The van der Waals surface area contributed by atoms with Gasteiger partial charge in [-0.1, -0.05) is 0 Å². The number of hydrogen-bond acceptors (Lipinski definition) is 5. The van der Waals surface area contributed by atoms with E-state index in [4.69, 9.17) is 13.6 Å². The number of furan rings is 2. The van der Waals surface area contributed by atoms with E-state index in [1.807, 2.05) is 0 Å². The predicted molar refractivity (Wildman–Crippen MR) is 102 cm³/mol. The summed E-state index contributed by atoms with van der Waals surface area (Å²) >= 11 is 3.13. The van der Waals surface area contributed by atoms with Gasteiger partial charge in [-0.2, -0.15) is 0 Å². The first-order valence-electron chi connectivity index (χ1n) is 7.82. The van der Waals surface area contributed by atoms with Crippen molar-refractivity contribution in [3.05, 3.63) is 76.7 Å². The number of halogens is 1. The van der Waals surface area contributed by atoms with Gasteiger partial charge in [-0.25, -0.2) is 0 Å². The molecule has 0 radical (unpaired) electrons. The minimum Gasteiger partial charge on any atom is -0.497 e. The third kappa shape index (κ3) is 4.89. The molecule has 27 heavy (non-hydrogen) atoms. The smallest absolute Gasteiger partial charge is 0.291 e. The summed E-state index contributed by atoms with van der Waals surface area (Å²) in [5.74, 6) is 0.0512. The molecule has 138 valence electrons. The average Bonchev–Trinajstić information content (AvgIpc) is 3.33. The lowest BCUT2D eigenvalue weighted by Gasteiger charge is -2.10. The van der Waals surface area contributed by atoms with Crippen LogP contribution in [0.25, 0.3) is 6.08 Å². The van der Waals surface area contributed by atoms with E-state index in [2.05, 4.69) is 26.6 Å². The third-order valence-electron chi connectivity index (χ3n) is 3.47. The summed E-state index contributed by atoms with van der Waals surface area (Å²) in [5, 5.41) is 5.25. The lowest BCUT2D eigenvalue weighted by atomic mass is 10.2. The summed E-state index contributed by atoms with van der Waals surface area (Å²) in [6, 6.07) is 13.2. The molecular formula is C19H15BrN2O5. The number of methoxy groups -OCH3 is 1. The maximum atomic E-state index is 12.7. The Hall–Kier alpha value is -3.26. The quantitative estimate of drug-likeness (QED) is 0.575. The van der Waals surface area contributed by atoms with E-state index in [1.54, 1.807) is 49.6 Å². The molecule has 0 spiro atoms. The Morgan fingerprint density at radius 3 is 2.48 bits per heavy atom. The molecule has 2 N–H and O–H groups in total. The second-order valence-electron chi connectivity index (χ2n) is 5.31. The summed E-state index contributed by atoms with van der Waals surface area (Å²) < 4.78 is 15.9. The zero-order valence-electron chi connectivity index (χ0n) is 14.2. The second kappa shape index (κ2) is 8.41. The predicted octanol–water partition coefficient (Wildman–Crippen LogP) is 4.05. The molecule has 0 atom stereocenters. The molecule has 2 amide bonds. The zero-order chi connectivity index (χ0) is 19.2. The van der Waals surface area contributed by atoms with Gasteiger partial charge in [-0.05, 0) is 64.5 Å². The lowest BCUT2D eigenvalue weighted by Crippen LogP contribution is -2.30. The van der Waals surface area contributed by atoms with Crippen molar-refractivity contribution in [2.24, 2.45) is 0 Å². The highest BCUT2D eigenvalue weighted by Crippen LogP contribution is 2.17. The van der Waals surface area contributed by atoms with Crippen molar-refractivity contribution < 1.29 is 23.2 Å². The number of carbonyl (C=O) groups excluding carboxylic acids is 2. The van der Waals surface area contributed by atoms with Crippen LogP contribution in [0.3, 0.4) is 0 Å². The summed E-state index contributed by atoms with van der Waals surface area (Å²) in [6.45, 7) is 0. The maximum absolute atomic E-state index is 12.7. The second-order valence-corrected chi connectivity index (χ2v) is 6.10. The topological polar surface area (TPSA) is 93.7 Å². The van der Waals surface area contributed by atoms with Crippen molar-refractivity contribution in [3.8, 4) is 5.75 Å². The standard InChI is InChI=1S/C19H15BrN2O5/c1-25-13-6-4-12(5-7-13)21-18(23)15(11-14-3-2-10-26-14)22-19(24)16-8-9-17(20)27-16/h2-11H,1H3,(H,21,23)(H,22,24). The summed E-state index contributed by atoms with van der Waals surface area (Å²) in [4.78, 5) is 25.0. The Bertz CT molecular complexity index is 958. The molecule has 3 rings (SSSR count). The summed E-state index contributed by atoms with van der Waals surface area (Å²) in [7, 11) is 1.56. The van der Waals surface area contributed by atoms with Crippen LogP contribution in [0, 0.1) is 0 Å². The van der Waals surface area contributed by atoms with E-state index in [0.717, 1.165) is 0 Å². The average molecular weight is 431 g/mol. The van der Waals surface area contributed by atoms with Gasteiger partial charge in [0.2, 0.25) is 0 Å². The first kappa shape index (κ1) is 18.5. The first-order valence-corrected chi connectivity index (χ1v) is 8.62. The number of hydrogen-bond donors (Lipinski definition) is 2. The van der Waals surface area contributed by atoms with E-state index in [-0.39, 0.29) is 11.5 Å². The Labute approximate surface area is 163 Å². The number of ether oxygens (including phenoxy) is 1. The highest BCUT2D eigenvalue weighted by Gasteiger charge is 2.18. The van der Waals surface area contributed by atoms with Crippen LogP contribution >= 0.6 is 15.9 Å². The third-order valence-corrected chi connectivity index (χ3v) is 3.89. The van der Waals surface area contributed by atoms with E-state index in [1.165, 1.54) is 18.4 Å². The van der Waals surface area contributed by atoms with Crippen molar-refractivity contribution in [1.82, 2.24) is 5.32 Å². The number of amides is 2. The number of anilines is 1. The molecule has 0 unspecified atom stereocenters. The van der Waals surface area contributed by atoms with Gasteiger partial charge in [0.1, 0.15) is 17.2 Å². The molecule has 0 saturated carbocycles. The van der Waals surface area contributed by atoms with Crippen LogP contribution in [0.5, 0.6) is 5.75 Å². The molecular weight excluding hydrogens is 416 g/mol. The van der Waals surface area contributed by atoms with Gasteiger partial charge in [0.05, 0.1) is 13.4 Å². The van der Waals surface area contributed by atoms with Gasteiger partial charge in [0, 0.05) is 11.8 Å². The van der Waals surface area contributed by atoms with E-state index in [9.17, 15) is 9.59 Å². The largest absolute Gasteiger partial charge is 0.497 e. The van der Waals surface area contributed by atoms with Crippen LogP contribution in [0.4, 0.5) is 5.69 Å². The normalized spacial score (nSPS) is 11.1. The van der Waals surface area contributed by atoms with Gasteiger partial charge in [-0.3, -0.25) is 9.59 Å². The van der Waals surface area contributed by atoms with Crippen LogP contribution in [0.1, 0.15) is 16.3 Å². The highest BCUT2D eigenvalue weighted by molar-refractivity contribution is 9.10. The molecule has 0 aliphatic carbocycles. The van der Waals surface area contributed by atoms with Crippen LogP contribution in [-0.4, -0.2) is 18.9 Å². The number of nitrogens with one attached hydrogen (secondary N) is 2. The molecule has 0 aliphatic rings. The zero-order valence-corrected chi connectivity index (χ0v) is 15.8. The molecule has 8 heteroatoms. The van der Waals surface area contributed by atoms with Gasteiger partial charge in [0.25, 0.3) is 11.8 Å². The molecule has 0 aliphatic heterocycles. The van der Waals surface area contributed by atoms with Crippen LogP contribution in [0.15, 0.2) is 74.0 Å². The van der Waals surface area contributed by atoms with Gasteiger partial charge < -0.3 is 24.2 Å². The van der Waals surface area contributed by atoms with Crippen molar-refractivity contribution in [2.45, 2.75) is 0 Å². The minimum atomic E-state index is -0.566. The minimum absolute atomic E-state index is 0.00158. The van der Waals surface area contributed by atoms with Crippen LogP contribution in [0.2, 0.25) is 0 Å². The Morgan fingerprint density at radius 2 is 1.89 bits per heavy atom. The number of rotatable bonds is 6. The van der Waals surface area contributed by atoms with Crippen LogP contribution in [-0.2, 0) is 4.79 Å². The molecule has 2 aromatic heterocycles. The fraction of sp³-hybridized carbons (Fsp3) is 0.0526. The maximum Gasteiger partial charge on any atom is 0.291 e. The lowest BCUT2D eigenvalue weighted by molar-refractivity contribution is -0.113. The van der Waals surface area contributed by atoms with Crippen molar-refractivity contribution in [1.29, 1.82) is 0 Å². The Kier molecular flexibility index (Phi) is 5.77. The fourth-order valence-corrected chi connectivity index (χ4v) is 2.47. The summed E-state index contributed by atoms with van der Waals surface area (Å²) in [6.07, 6.45) is 2.89. The molecule has 2 heterocycles. The SMILES string of the molecule is COc1ccc(NC(=O)C(=Cc2ccco2)NC(=O)c2ccc(Br)o2)cc1. The fourth-order valence-electron chi connectivity index (χ4n) is 2.17. The molecule has 1 aromatic carbocycles. The highest BCUT2D eigenvalue weighted by atomic mass is 79.9. The van der Waals surface area contributed by atoms with Crippen molar-refractivity contribution in [3.63, 3.8) is 0 Å². The van der Waals surface area contributed by atoms with E-state index in [0.29, 0.717) is 21.9 Å². The molecule has 3 aromatic rings. The summed E-state index contributed by atoms with van der Waals surface area (Å²) in [5.41, 5.74) is 0.541. The number of carbonyl (C=O) groups is 2. The molecule has 0 fully saturated rings. The number of benzene rings is 1. The molecule has 0 bridgehead atoms. The van der Waals surface area contributed by atoms with Gasteiger partial charge in [0.15, 0.2) is 10.4 Å². The Balaban J connectivity index is 1.80. The molecule has 7 nitrogen and oxygen atoms in total. The first-order chi connectivity index (χ1) is 13.0. The molecule has 0 saturated heterocycles. The van der Waals surface area contributed by atoms with Crippen molar-refractivity contribution in [2.75, 3.05) is 12.4 Å². The van der Waals surface area contributed by atoms with Gasteiger partial charge in [-0.15, -0.1) is 0 Å².